The topological polar surface area (TPSA) is 76.4 Å². The third-order valence-corrected chi connectivity index (χ3v) is 6.46. The standard InChI is InChI=1S/C22H27N3O3S/c26-12-14-28-13-11-23-22-24-20-19(17-9-5-2-6-10-18(17)29-20)21(27)25(22)15-16-7-3-1-4-8-16/h1,3-4,7-8,26H,2,5-6,9-15H2,(H,23,24). The quantitative estimate of drug-likeness (QED) is 0.438. The summed E-state index contributed by atoms with van der Waals surface area (Å²) < 4.78 is 7.09. The number of ether oxygens (including phenoxy) is 1. The number of nitrogens with zero attached hydrogens (tertiary/aromatic N) is 2. The normalized spacial score (nSPS) is 14.0. The van der Waals surface area contributed by atoms with E-state index in [9.17, 15) is 4.79 Å². The lowest BCUT2D eigenvalue weighted by molar-refractivity contribution is 0.0991. The van der Waals surface area contributed by atoms with E-state index in [0.29, 0.717) is 32.3 Å². The molecule has 3 aromatic rings. The van der Waals surface area contributed by atoms with Crippen molar-refractivity contribution in [3.05, 3.63) is 56.7 Å². The smallest absolute Gasteiger partial charge is 0.264 e. The van der Waals surface area contributed by atoms with E-state index in [-0.39, 0.29) is 12.2 Å². The minimum atomic E-state index is 0.00364. The highest BCUT2D eigenvalue weighted by molar-refractivity contribution is 7.18. The SMILES string of the molecule is O=c1c2c3c(sc2nc(NCCOCCO)n1Cc1ccccc1)CCCCC3. The fourth-order valence-corrected chi connectivity index (χ4v) is 5.12. The largest absolute Gasteiger partial charge is 0.394 e. The number of fused-ring (bicyclic) bond motifs is 3. The Hall–Kier alpha value is -2.22. The molecule has 0 radical (unpaired) electrons. The zero-order chi connectivity index (χ0) is 20.1. The molecule has 2 aromatic heterocycles. The Morgan fingerprint density at radius 1 is 1.14 bits per heavy atom. The van der Waals surface area contributed by atoms with Crippen molar-refractivity contribution in [2.75, 3.05) is 31.7 Å². The minimum absolute atomic E-state index is 0.00364. The Labute approximate surface area is 174 Å². The number of aliphatic hydroxyl groups excluding tert-OH is 1. The van der Waals surface area contributed by atoms with Crippen molar-refractivity contribution in [3.8, 4) is 0 Å². The van der Waals surface area contributed by atoms with Crippen LogP contribution in [0, 0.1) is 0 Å². The second kappa shape index (κ2) is 9.52. The number of anilines is 1. The van der Waals surface area contributed by atoms with Crippen LogP contribution in [0.5, 0.6) is 0 Å². The van der Waals surface area contributed by atoms with Gasteiger partial charge in [-0.3, -0.25) is 9.36 Å². The molecule has 0 spiro atoms. The summed E-state index contributed by atoms with van der Waals surface area (Å²) in [6.07, 6.45) is 5.57. The summed E-state index contributed by atoms with van der Waals surface area (Å²) in [5.41, 5.74) is 2.33. The average Bonchev–Trinajstić information content (AvgIpc) is 2.92. The van der Waals surface area contributed by atoms with Gasteiger partial charge < -0.3 is 15.2 Å². The monoisotopic (exact) mass is 413 g/mol. The van der Waals surface area contributed by atoms with Gasteiger partial charge >= 0.3 is 0 Å². The van der Waals surface area contributed by atoms with Crippen molar-refractivity contribution in [3.63, 3.8) is 0 Å². The van der Waals surface area contributed by atoms with E-state index in [2.05, 4.69) is 5.32 Å². The lowest BCUT2D eigenvalue weighted by Crippen LogP contribution is -2.27. The predicted molar refractivity (Wildman–Crippen MR) is 117 cm³/mol. The van der Waals surface area contributed by atoms with Crippen molar-refractivity contribution in [1.29, 1.82) is 0 Å². The van der Waals surface area contributed by atoms with E-state index in [4.69, 9.17) is 14.8 Å². The summed E-state index contributed by atoms with van der Waals surface area (Å²) in [6.45, 7) is 1.76. The third-order valence-electron chi connectivity index (χ3n) is 5.27. The van der Waals surface area contributed by atoms with Gasteiger partial charge in [-0.2, -0.15) is 0 Å². The number of thiophene rings is 1. The van der Waals surface area contributed by atoms with Crippen molar-refractivity contribution >= 4 is 27.5 Å². The molecule has 29 heavy (non-hydrogen) atoms. The maximum absolute atomic E-state index is 13.6. The van der Waals surface area contributed by atoms with Gasteiger partial charge in [-0.05, 0) is 36.8 Å². The zero-order valence-electron chi connectivity index (χ0n) is 16.5. The summed E-state index contributed by atoms with van der Waals surface area (Å²) in [6, 6.07) is 10.00. The van der Waals surface area contributed by atoms with Crippen LogP contribution in [0.4, 0.5) is 5.95 Å². The van der Waals surface area contributed by atoms with Crippen LogP contribution in [0.1, 0.15) is 35.3 Å². The van der Waals surface area contributed by atoms with Crippen LogP contribution < -0.4 is 10.9 Å². The van der Waals surface area contributed by atoms with E-state index in [1.54, 1.807) is 15.9 Å². The number of aromatic nitrogens is 2. The molecule has 4 rings (SSSR count). The summed E-state index contributed by atoms with van der Waals surface area (Å²) >= 11 is 1.67. The van der Waals surface area contributed by atoms with E-state index in [0.717, 1.165) is 35.0 Å². The van der Waals surface area contributed by atoms with Gasteiger partial charge in [0.15, 0.2) is 0 Å². The first kappa shape index (κ1) is 20.1. The molecule has 0 saturated carbocycles. The van der Waals surface area contributed by atoms with Crippen LogP contribution in [0.3, 0.4) is 0 Å². The first-order valence-corrected chi connectivity index (χ1v) is 11.1. The number of nitrogens with one attached hydrogen (secondary N) is 1. The number of hydrogen-bond donors (Lipinski definition) is 2. The van der Waals surface area contributed by atoms with Crippen LogP contribution in [0.15, 0.2) is 35.1 Å². The van der Waals surface area contributed by atoms with Crippen LogP contribution >= 0.6 is 11.3 Å². The number of aliphatic hydroxyl groups is 1. The van der Waals surface area contributed by atoms with Crippen LogP contribution in [0.25, 0.3) is 10.2 Å². The molecule has 7 heteroatoms. The second-order valence-electron chi connectivity index (χ2n) is 7.32. The van der Waals surface area contributed by atoms with Gasteiger partial charge in [0, 0.05) is 11.4 Å². The molecule has 1 aromatic carbocycles. The molecule has 1 aliphatic rings. The van der Waals surface area contributed by atoms with Crippen molar-refractivity contribution in [2.24, 2.45) is 0 Å². The Morgan fingerprint density at radius 2 is 1.97 bits per heavy atom. The van der Waals surface area contributed by atoms with Crippen LogP contribution in [-0.2, 0) is 24.1 Å². The lowest BCUT2D eigenvalue weighted by Gasteiger charge is -2.14. The molecule has 0 bridgehead atoms. The van der Waals surface area contributed by atoms with Gasteiger partial charge in [-0.15, -0.1) is 11.3 Å². The maximum Gasteiger partial charge on any atom is 0.264 e. The highest BCUT2D eigenvalue weighted by atomic mass is 32.1. The van der Waals surface area contributed by atoms with Gasteiger partial charge in [-0.25, -0.2) is 4.98 Å². The molecule has 0 atom stereocenters. The molecule has 0 saturated heterocycles. The second-order valence-corrected chi connectivity index (χ2v) is 8.40. The molecule has 0 unspecified atom stereocenters. The Balaban J connectivity index is 1.72. The first-order chi connectivity index (χ1) is 14.3. The van der Waals surface area contributed by atoms with Gasteiger partial charge in [0.25, 0.3) is 5.56 Å². The van der Waals surface area contributed by atoms with Gasteiger partial charge in [0.05, 0.1) is 31.8 Å². The summed E-state index contributed by atoms with van der Waals surface area (Å²) in [5.74, 6) is 0.579. The first-order valence-electron chi connectivity index (χ1n) is 10.3. The maximum atomic E-state index is 13.6. The molecule has 0 amide bonds. The van der Waals surface area contributed by atoms with E-state index in [1.807, 2.05) is 30.3 Å². The van der Waals surface area contributed by atoms with E-state index in [1.165, 1.54) is 23.3 Å². The van der Waals surface area contributed by atoms with Gasteiger partial charge in [0.2, 0.25) is 5.95 Å². The Kier molecular flexibility index (Phi) is 6.59. The predicted octanol–water partition coefficient (Wildman–Crippen LogP) is 3.20. The summed E-state index contributed by atoms with van der Waals surface area (Å²) in [4.78, 5) is 20.6. The fraction of sp³-hybridized carbons (Fsp3) is 0.455. The molecule has 2 heterocycles. The number of rotatable bonds is 8. The van der Waals surface area contributed by atoms with E-state index < -0.39 is 0 Å². The summed E-state index contributed by atoms with van der Waals surface area (Å²) in [7, 11) is 0. The highest BCUT2D eigenvalue weighted by Gasteiger charge is 2.21. The van der Waals surface area contributed by atoms with Gasteiger partial charge in [-0.1, -0.05) is 36.8 Å². The average molecular weight is 414 g/mol. The highest BCUT2D eigenvalue weighted by Crippen LogP contribution is 2.33. The fourth-order valence-electron chi connectivity index (χ4n) is 3.86. The number of aryl methyl sites for hydroxylation is 2. The van der Waals surface area contributed by atoms with Crippen molar-refractivity contribution in [1.82, 2.24) is 9.55 Å². The Bertz CT molecular complexity index is 1010. The van der Waals surface area contributed by atoms with Gasteiger partial charge in [0.1, 0.15) is 4.83 Å². The molecule has 154 valence electrons. The minimum Gasteiger partial charge on any atom is -0.394 e. The Morgan fingerprint density at radius 3 is 2.79 bits per heavy atom. The van der Waals surface area contributed by atoms with Crippen molar-refractivity contribution < 1.29 is 9.84 Å². The molecule has 0 aliphatic heterocycles. The number of hydrogen-bond acceptors (Lipinski definition) is 6. The molecular formula is C22H27N3O3S. The van der Waals surface area contributed by atoms with Crippen LogP contribution in [-0.4, -0.2) is 41.0 Å². The van der Waals surface area contributed by atoms with E-state index >= 15 is 0 Å². The number of benzene rings is 1. The third kappa shape index (κ3) is 4.52. The van der Waals surface area contributed by atoms with Crippen LogP contribution in [0.2, 0.25) is 0 Å². The lowest BCUT2D eigenvalue weighted by atomic mass is 10.1. The molecule has 0 fully saturated rings. The molecular weight excluding hydrogens is 386 g/mol. The zero-order valence-corrected chi connectivity index (χ0v) is 17.3. The van der Waals surface area contributed by atoms with Crippen molar-refractivity contribution in [2.45, 2.75) is 38.6 Å². The molecule has 2 N–H and O–H groups in total. The summed E-state index contributed by atoms with van der Waals surface area (Å²) in [5, 5.41) is 12.9. The molecule has 1 aliphatic carbocycles. The molecule has 6 nitrogen and oxygen atoms in total.